The Bertz CT molecular complexity index is 409. The molecule has 0 aromatic heterocycles. The lowest BCUT2D eigenvalue weighted by molar-refractivity contribution is 0.0274. The fraction of sp³-hybridized carbons (Fsp3) is 0.600. The number of rotatable bonds is 4. The van der Waals surface area contributed by atoms with Gasteiger partial charge in [0.1, 0.15) is 5.82 Å². The molecule has 1 aliphatic rings. The largest absolute Gasteiger partial charge is 0.388 e. The van der Waals surface area contributed by atoms with Gasteiger partial charge in [0.05, 0.1) is 6.10 Å². The Labute approximate surface area is 108 Å². The van der Waals surface area contributed by atoms with Crippen molar-refractivity contribution in [3.05, 3.63) is 35.6 Å². The van der Waals surface area contributed by atoms with Crippen molar-refractivity contribution in [3.63, 3.8) is 0 Å². The van der Waals surface area contributed by atoms with Crippen LogP contribution in [0.2, 0.25) is 0 Å². The fourth-order valence-electron chi connectivity index (χ4n) is 3.19. The maximum atomic E-state index is 13.8. The van der Waals surface area contributed by atoms with Gasteiger partial charge in [-0.3, -0.25) is 0 Å². The fourth-order valence-corrected chi connectivity index (χ4v) is 3.19. The van der Waals surface area contributed by atoms with E-state index in [4.69, 9.17) is 5.73 Å². The van der Waals surface area contributed by atoms with Crippen LogP contribution in [0, 0.1) is 17.2 Å². The summed E-state index contributed by atoms with van der Waals surface area (Å²) in [5, 5.41) is 10.5. The highest BCUT2D eigenvalue weighted by atomic mass is 19.1. The molecule has 0 aliphatic heterocycles. The van der Waals surface area contributed by atoms with Crippen LogP contribution < -0.4 is 5.73 Å². The maximum Gasteiger partial charge on any atom is 0.129 e. The zero-order chi connectivity index (χ0) is 13.2. The van der Waals surface area contributed by atoms with Crippen molar-refractivity contribution in [3.8, 4) is 0 Å². The Morgan fingerprint density at radius 3 is 2.78 bits per heavy atom. The standard InChI is InChI=1S/C15H22FNO/c1-2-11-7-8-15(9-11,10-17)14(18)12-5-3-4-6-13(12)16/h3-6,11,14,18H,2,7-10,17H2,1H3. The normalized spacial score (nSPS) is 29.4. The van der Waals surface area contributed by atoms with Crippen molar-refractivity contribution in [1.82, 2.24) is 0 Å². The summed E-state index contributed by atoms with van der Waals surface area (Å²) in [4.78, 5) is 0. The molecule has 0 bridgehead atoms. The number of hydrogen-bond donors (Lipinski definition) is 2. The van der Waals surface area contributed by atoms with Gasteiger partial charge in [-0.05, 0) is 31.2 Å². The van der Waals surface area contributed by atoms with E-state index in [0.717, 1.165) is 25.7 Å². The summed E-state index contributed by atoms with van der Waals surface area (Å²) < 4.78 is 13.8. The molecule has 3 heteroatoms. The number of halogens is 1. The van der Waals surface area contributed by atoms with E-state index < -0.39 is 6.10 Å². The quantitative estimate of drug-likeness (QED) is 0.864. The molecule has 1 aromatic rings. The highest BCUT2D eigenvalue weighted by molar-refractivity contribution is 5.22. The molecule has 100 valence electrons. The molecule has 1 saturated carbocycles. The zero-order valence-corrected chi connectivity index (χ0v) is 10.9. The zero-order valence-electron chi connectivity index (χ0n) is 10.9. The van der Waals surface area contributed by atoms with E-state index in [9.17, 15) is 9.50 Å². The SMILES string of the molecule is CCC1CCC(CN)(C(O)c2ccccc2F)C1. The Kier molecular flexibility index (Phi) is 4.03. The highest BCUT2D eigenvalue weighted by Gasteiger charge is 2.44. The summed E-state index contributed by atoms with van der Waals surface area (Å²) in [5.41, 5.74) is 5.94. The minimum atomic E-state index is -0.791. The van der Waals surface area contributed by atoms with Crippen molar-refractivity contribution < 1.29 is 9.50 Å². The first kappa shape index (κ1) is 13.5. The van der Waals surface area contributed by atoms with Gasteiger partial charge in [0.15, 0.2) is 0 Å². The average molecular weight is 251 g/mol. The molecule has 1 fully saturated rings. The van der Waals surface area contributed by atoms with Gasteiger partial charge in [-0.1, -0.05) is 31.5 Å². The molecular formula is C15H22FNO. The van der Waals surface area contributed by atoms with Gasteiger partial charge in [-0.25, -0.2) is 4.39 Å². The van der Waals surface area contributed by atoms with Crippen LogP contribution in [0.1, 0.15) is 44.3 Å². The number of aliphatic hydroxyl groups excluding tert-OH is 1. The predicted molar refractivity (Wildman–Crippen MR) is 70.5 cm³/mol. The van der Waals surface area contributed by atoms with Gasteiger partial charge in [-0.15, -0.1) is 0 Å². The molecule has 2 nitrogen and oxygen atoms in total. The van der Waals surface area contributed by atoms with Crippen LogP contribution in [-0.2, 0) is 0 Å². The lowest BCUT2D eigenvalue weighted by atomic mass is 9.76. The number of aliphatic hydroxyl groups is 1. The Balaban J connectivity index is 2.26. The lowest BCUT2D eigenvalue weighted by Gasteiger charge is -2.34. The summed E-state index contributed by atoms with van der Waals surface area (Å²) >= 11 is 0. The Hall–Kier alpha value is -0.930. The van der Waals surface area contributed by atoms with E-state index in [1.54, 1.807) is 18.2 Å². The molecule has 1 aromatic carbocycles. The maximum absolute atomic E-state index is 13.8. The smallest absolute Gasteiger partial charge is 0.129 e. The monoisotopic (exact) mass is 251 g/mol. The van der Waals surface area contributed by atoms with Crippen molar-refractivity contribution in [2.75, 3.05) is 6.54 Å². The van der Waals surface area contributed by atoms with E-state index >= 15 is 0 Å². The summed E-state index contributed by atoms with van der Waals surface area (Å²) in [5.74, 6) is 0.271. The van der Waals surface area contributed by atoms with E-state index in [-0.39, 0.29) is 11.2 Å². The first-order valence-corrected chi connectivity index (χ1v) is 6.75. The number of hydrogen-bond acceptors (Lipinski definition) is 2. The minimum absolute atomic E-state index is 0.335. The van der Waals surface area contributed by atoms with Crippen molar-refractivity contribution in [2.45, 2.75) is 38.7 Å². The molecule has 0 amide bonds. The van der Waals surface area contributed by atoms with Crippen molar-refractivity contribution in [2.24, 2.45) is 17.1 Å². The van der Waals surface area contributed by atoms with Crippen LogP contribution in [0.4, 0.5) is 4.39 Å². The van der Waals surface area contributed by atoms with E-state index in [2.05, 4.69) is 6.92 Å². The average Bonchev–Trinajstić information content (AvgIpc) is 2.83. The van der Waals surface area contributed by atoms with Gasteiger partial charge >= 0.3 is 0 Å². The third kappa shape index (κ3) is 2.29. The van der Waals surface area contributed by atoms with Crippen molar-refractivity contribution in [1.29, 1.82) is 0 Å². The molecule has 18 heavy (non-hydrogen) atoms. The molecule has 1 aliphatic carbocycles. The van der Waals surface area contributed by atoms with Gasteiger partial charge in [0.2, 0.25) is 0 Å². The molecule has 3 unspecified atom stereocenters. The van der Waals surface area contributed by atoms with E-state index in [0.29, 0.717) is 18.0 Å². The summed E-state index contributed by atoms with van der Waals surface area (Å²) in [7, 11) is 0. The summed E-state index contributed by atoms with van der Waals surface area (Å²) in [6.45, 7) is 2.58. The first-order chi connectivity index (χ1) is 8.63. The minimum Gasteiger partial charge on any atom is -0.388 e. The molecule has 0 heterocycles. The van der Waals surface area contributed by atoms with Crippen LogP contribution in [0.15, 0.2) is 24.3 Å². The van der Waals surface area contributed by atoms with Crippen LogP contribution in [0.3, 0.4) is 0 Å². The molecule has 3 N–H and O–H groups in total. The van der Waals surface area contributed by atoms with Crippen LogP contribution >= 0.6 is 0 Å². The van der Waals surface area contributed by atoms with Crippen LogP contribution in [0.25, 0.3) is 0 Å². The molecule has 3 atom stereocenters. The molecule has 0 saturated heterocycles. The van der Waals surface area contributed by atoms with Gasteiger partial charge < -0.3 is 10.8 Å². The van der Waals surface area contributed by atoms with E-state index in [1.807, 2.05) is 0 Å². The van der Waals surface area contributed by atoms with Crippen LogP contribution in [-0.4, -0.2) is 11.7 Å². The molecule has 0 radical (unpaired) electrons. The highest BCUT2D eigenvalue weighted by Crippen LogP contribution is 2.50. The predicted octanol–water partition coefficient (Wildman–Crippen LogP) is 3.01. The van der Waals surface area contributed by atoms with Crippen LogP contribution in [0.5, 0.6) is 0 Å². The summed E-state index contributed by atoms with van der Waals surface area (Å²) in [6.07, 6.45) is 3.18. The first-order valence-electron chi connectivity index (χ1n) is 6.75. The number of benzene rings is 1. The Morgan fingerprint density at radius 1 is 1.50 bits per heavy atom. The third-order valence-corrected chi connectivity index (χ3v) is 4.51. The summed E-state index contributed by atoms with van der Waals surface area (Å²) in [6, 6.07) is 6.47. The third-order valence-electron chi connectivity index (χ3n) is 4.51. The molecule has 2 rings (SSSR count). The second kappa shape index (κ2) is 5.37. The van der Waals surface area contributed by atoms with Gasteiger partial charge in [-0.2, -0.15) is 0 Å². The topological polar surface area (TPSA) is 46.2 Å². The van der Waals surface area contributed by atoms with Gasteiger partial charge in [0.25, 0.3) is 0 Å². The number of nitrogens with two attached hydrogens (primary N) is 1. The Morgan fingerprint density at radius 2 is 2.22 bits per heavy atom. The second-order valence-electron chi connectivity index (χ2n) is 5.51. The lowest BCUT2D eigenvalue weighted by Crippen LogP contribution is -2.35. The van der Waals surface area contributed by atoms with Crippen molar-refractivity contribution >= 4 is 0 Å². The van der Waals surface area contributed by atoms with Gasteiger partial charge in [0, 0.05) is 17.5 Å². The molecular weight excluding hydrogens is 229 g/mol. The van der Waals surface area contributed by atoms with E-state index in [1.165, 1.54) is 6.07 Å². The molecule has 0 spiro atoms. The second-order valence-corrected chi connectivity index (χ2v) is 5.51.